The monoisotopic (exact) mass is 300 g/mol. The van der Waals surface area contributed by atoms with Crippen LogP contribution in [0, 0.1) is 11.8 Å². The van der Waals surface area contributed by atoms with E-state index in [9.17, 15) is 0 Å². The van der Waals surface area contributed by atoms with Gasteiger partial charge in [0.2, 0.25) is 0 Å². The number of allylic oxidation sites excluding steroid dienone is 4. The molecule has 0 saturated carbocycles. The molecule has 1 N–H and O–H groups in total. The summed E-state index contributed by atoms with van der Waals surface area (Å²) in [6, 6.07) is 2.40. The fraction of sp³-hybridized carbons (Fsp3) is 0.353. The topological polar surface area (TPSA) is 34.1 Å². The highest BCUT2D eigenvalue weighted by Gasteiger charge is 2.16. The zero-order chi connectivity index (χ0) is 14.5. The van der Waals surface area contributed by atoms with Gasteiger partial charge in [0.05, 0.1) is 6.20 Å². The van der Waals surface area contributed by atoms with Gasteiger partial charge in [0.25, 0.3) is 0 Å². The van der Waals surface area contributed by atoms with Crippen LogP contribution >= 0.6 is 11.6 Å². The van der Waals surface area contributed by atoms with E-state index in [2.05, 4.69) is 28.2 Å². The quantitative estimate of drug-likeness (QED) is 0.871. The van der Waals surface area contributed by atoms with Crippen molar-refractivity contribution in [1.29, 1.82) is 0 Å². The third kappa shape index (κ3) is 4.10. The van der Waals surface area contributed by atoms with Crippen LogP contribution in [-0.4, -0.2) is 24.2 Å². The number of nitrogens with one attached hydrogen (secondary N) is 1. The maximum Gasteiger partial charge on any atom is 0.138 e. The van der Waals surface area contributed by atoms with Crippen molar-refractivity contribution in [3.8, 4) is 17.6 Å². The molecule has 1 aromatic rings. The van der Waals surface area contributed by atoms with Crippen molar-refractivity contribution >= 4 is 11.6 Å². The van der Waals surface area contributed by atoms with Gasteiger partial charge in [0, 0.05) is 28.4 Å². The zero-order valence-corrected chi connectivity index (χ0v) is 12.5. The third-order valence-electron chi connectivity index (χ3n) is 3.50. The van der Waals surface area contributed by atoms with Gasteiger partial charge in [-0.15, -0.1) is 0 Å². The number of hydrogen-bond donors (Lipinski definition) is 1. The normalized spacial score (nSPS) is 20.5. The SMILES string of the molecule is ClC1=CC(C#Cc2cncc(OCC3CCN3)c2)=CCC1. The van der Waals surface area contributed by atoms with Crippen LogP contribution in [0.15, 0.2) is 41.2 Å². The van der Waals surface area contributed by atoms with Crippen molar-refractivity contribution in [3.63, 3.8) is 0 Å². The van der Waals surface area contributed by atoms with Crippen LogP contribution in [-0.2, 0) is 0 Å². The fourth-order valence-corrected chi connectivity index (χ4v) is 2.38. The Morgan fingerprint density at radius 3 is 3.05 bits per heavy atom. The number of nitrogens with zero attached hydrogens (tertiary/aromatic N) is 1. The molecule has 2 aliphatic rings. The molecule has 0 spiro atoms. The lowest BCUT2D eigenvalue weighted by molar-refractivity contribution is 0.217. The molecule has 1 saturated heterocycles. The predicted molar refractivity (Wildman–Crippen MR) is 84.3 cm³/mol. The number of pyridine rings is 1. The smallest absolute Gasteiger partial charge is 0.138 e. The minimum absolute atomic E-state index is 0.472. The van der Waals surface area contributed by atoms with Gasteiger partial charge in [-0.1, -0.05) is 29.5 Å². The molecule has 4 heteroatoms. The van der Waals surface area contributed by atoms with E-state index in [4.69, 9.17) is 16.3 Å². The molecular formula is C17H17ClN2O. The highest BCUT2D eigenvalue weighted by molar-refractivity contribution is 6.29. The second kappa shape index (κ2) is 6.80. The Morgan fingerprint density at radius 2 is 2.29 bits per heavy atom. The Labute approximate surface area is 130 Å². The number of aromatic nitrogens is 1. The molecule has 2 heterocycles. The minimum Gasteiger partial charge on any atom is -0.490 e. The summed E-state index contributed by atoms with van der Waals surface area (Å²) in [5, 5.41) is 4.17. The van der Waals surface area contributed by atoms with Gasteiger partial charge in [-0.2, -0.15) is 0 Å². The Balaban J connectivity index is 1.64. The van der Waals surface area contributed by atoms with Crippen LogP contribution < -0.4 is 10.1 Å². The van der Waals surface area contributed by atoms with Crippen molar-refractivity contribution in [2.75, 3.05) is 13.2 Å². The molecule has 1 aliphatic heterocycles. The van der Waals surface area contributed by atoms with E-state index >= 15 is 0 Å². The maximum absolute atomic E-state index is 6.02. The molecule has 1 unspecified atom stereocenters. The van der Waals surface area contributed by atoms with Crippen molar-refractivity contribution in [2.24, 2.45) is 0 Å². The second-order valence-corrected chi connectivity index (χ2v) is 5.68. The van der Waals surface area contributed by atoms with Crippen LogP contribution in [0.3, 0.4) is 0 Å². The van der Waals surface area contributed by atoms with Gasteiger partial charge in [-0.3, -0.25) is 4.98 Å². The summed E-state index contributed by atoms with van der Waals surface area (Å²) in [4.78, 5) is 4.18. The summed E-state index contributed by atoms with van der Waals surface area (Å²) < 4.78 is 5.72. The van der Waals surface area contributed by atoms with Crippen molar-refractivity contribution < 1.29 is 4.74 Å². The van der Waals surface area contributed by atoms with E-state index in [0.717, 1.165) is 41.3 Å². The van der Waals surface area contributed by atoms with E-state index in [0.29, 0.717) is 12.6 Å². The number of halogens is 1. The van der Waals surface area contributed by atoms with Crippen molar-refractivity contribution in [3.05, 3.63) is 46.8 Å². The van der Waals surface area contributed by atoms with Gasteiger partial charge in [0.1, 0.15) is 12.4 Å². The van der Waals surface area contributed by atoms with Gasteiger partial charge in [-0.25, -0.2) is 0 Å². The van der Waals surface area contributed by atoms with E-state index in [1.54, 1.807) is 12.4 Å². The Bertz CT molecular complexity index is 636. The van der Waals surface area contributed by atoms with Gasteiger partial charge < -0.3 is 10.1 Å². The third-order valence-corrected chi connectivity index (χ3v) is 3.80. The molecule has 3 rings (SSSR count). The highest BCUT2D eigenvalue weighted by atomic mass is 35.5. The summed E-state index contributed by atoms with van der Waals surface area (Å²) >= 11 is 6.02. The first-order chi connectivity index (χ1) is 10.3. The maximum atomic E-state index is 6.02. The predicted octanol–water partition coefficient (Wildman–Crippen LogP) is 3.02. The first-order valence-electron chi connectivity index (χ1n) is 7.19. The lowest BCUT2D eigenvalue weighted by Crippen LogP contribution is -2.46. The van der Waals surface area contributed by atoms with Gasteiger partial charge in [0.15, 0.2) is 0 Å². The van der Waals surface area contributed by atoms with Crippen molar-refractivity contribution in [2.45, 2.75) is 25.3 Å². The lowest BCUT2D eigenvalue weighted by atomic mass is 10.1. The average molecular weight is 301 g/mol. The summed E-state index contributed by atoms with van der Waals surface area (Å²) in [6.07, 6.45) is 10.5. The van der Waals surface area contributed by atoms with Crippen molar-refractivity contribution in [1.82, 2.24) is 10.3 Å². The number of ether oxygens (including phenoxy) is 1. The average Bonchev–Trinajstić information content (AvgIpc) is 2.44. The summed E-state index contributed by atoms with van der Waals surface area (Å²) in [6.45, 7) is 1.77. The molecule has 0 amide bonds. The van der Waals surface area contributed by atoms with Gasteiger partial charge >= 0.3 is 0 Å². The van der Waals surface area contributed by atoms with Crippen LogP contribution in [0.1, 0.15) is 24.8 Å². The van der Waals surface area contributed by atoms with Crippen LogP contribution in [0.25, 0.3) is 0 Å². The minimum atomic E-state index is 0.472. The van der Waals surface area contributed by atoms with Gasteiger partial charge in [-0.05, 0) is 37.9 Å². The van der Waals surface area contributed by atoms with E-state index in [-0.39, 0.29) is 0 Å². The molecular weight excluding hydrogens is 284 g/mol. The van der Waals surface area contributed by atoms with Crippen LogP contribution in [0.5, 0.6) is 5.75 Å². The molecule has 21 heavy (non-hydrogen) atoms. The molecule has 1 aliphatic carbocycles. The number of rotatable bonds is 3. The van der Waals surface area contributed by atoms with E-state index in [1.807, 2.05) is 12.1 Å². The lowest BCUT2D eigenvalue weighted by Gasteiger charge is -2.27. The largest absolute Gasteiger partial charge is 0.490 e. The summed E-state index contributed by atoms with van der Waals surface area (Å²) in [5.74, 6) is 7.00. The fourth-order valence-electron chi connectivity index (χ4n) is 2.15. The number of hydrogen-bond acceptors (Lipinski definition) is 3. The van der Waals surface area contributed by atoms with Crippen LogP contribution in [0.2, 0.25) is 0 Å². The standard InChI is InChI=1S/C17H17ClN2O/c18-15-3-1-2-13(8-15)4-5-14-9-17(11-19-10-14)21-12-16-6-7-20-16/h2,8-11,16,20H,1,3,6-7,12H2. The first kappa shape index (κ1) is 14.2. The summed E-state index contributed by atoms with van der Waals surface area (Å²) in [5.41, 5.74) is 1.82. The Hall–Kier alpha value is -1.76. The molecule has 0 radical (unpaired) electrons. The molecule has 0 aromatic carbocycles. The molecule has 108 valence electrons. The molecule has 1 fully saturated rings. The molecule has 1 aromatic heterocycles. The summed E-state index contributed by atoms with van der Waals surface area (Å²) in [7, 11) is 0. The highest BCUT2D eigenvalue weighted by Crippen LogP contribution is 2.19. The Kier molecular flexibility index (Phi) is 4.59. The van der Waals surface area contributed by atoms with E-state index < -0.39 is 0 Å². The second-order valence-electron chi connectivity index (χ2n) is 5.20. The molecule has 3 nitrogen and oxygen atoms in total. The molecule has 1 atom stereocenters. The zero-order valence-electron chi connectivity index (χ0n) is 11.7. The molecule has 0 bridgehead atoms. The van der Waals surface area contributed by atoms with E-state index in [1.165, 1.54) is 6.42 Å². The Morgan fingerprint density at radius 1 is 1.38 bits per heavy atom. The first-order valence-corrected chi connectivity index (χ1v) is 7.57. The van der Waals surface area contributed by atoms with Crippen LogP contribution in [0.4, 0.5) is 0 Å².